The van der Waals surface area contributed by atoms with E-state index >= 15 is 0 Å². The van der Waals surface area contributed by atoms with Gasteiger partial charge in [-0.1, -0.05) is 13.8 Å². The van der Waals surface area contributed by atoms with E-state index in [-0.39, 0.29) is 30.0 Å². The second kappa shape index (κ2) is 11.7. The molecular formula is C16H33IN6. The molecule has 1 aromatic heterocycles. The average Bonchev–Trinajstić information content (AvgIpc) is 2.87. The van der Waals surface area contributed by atoms with Crippen molar-refractivity contribution in [3.63, 3.8) is 0 Å². The Balaban J connectivity index is 0.00000484. The Morgan fingerprint density at radius 3 is 2.52 bits per heavy atom. The van der Waals surface area contributed by atoms with E-state index in [1.807, 2.05) is 25.0 Å². The van der Waals surface area contributed by atoms with Gasteiger partial charge in [0.15, 0.2) is 5.96 Å². The van der Waals surface area contributed by atoms with E-state index in [1.165, 1.54) is 12.0 Å². The van der Waals surface area contributed by atoms with Crippen molar-refractivity contribution in [1.29, 1.82) is 0 Å². The maximum Gasteiger partial charge on any atom is 0.191 e. The van der Waals surface area contributed by atoms with Gasteiger partial charge >= 0.3 is 0 Å². The Labute approximate surface area is 158 Å². The Bertz CT molecular complexity index is 455. The van der Waals surface area contributed by atoms with Crippen molar-refractivity contribution in [1.82, 2.24) is 25.3 Å². The van der Waals surface area contributed by atoms with Crippen LogP contribution in [-0.2, 0) is 7.05 Å². The highest BCUT2D eigenvalue weighted by Gasteiger charge is 2.16. The SMILES string of the molecule is CN=C(NCCCC(C)C)NCC(c1cnn(C)c1)N(C)C.I. The van der Waals surface area contributed by atoms with Gasteiger partial charge in [0.05, 0.1) is 12.2 Å². The molecule has 0 bridgehead atoms. The van der Waals surface area contributed by atoms with E-state index in [0.29, 0.717) is 0 Å². The number of aromatic nitrogens is 2. The van der Waals surface area contributed by atoms with Crippen LogP contribution in [0.5, 0.6) is 0 Å². The van der Waals surface area contributed by atoms with E-state index < -0.39 is 0 Å². The minimum absolute atomic E-state index is 0. The van der Waals surface area contributed by atoms with Gasteiger partial charge in [-0.25, -0.2) is 0 Å². The molecule has 0 saturated heterocycles. The number of halogens is 1. The first-order chi connectivity index (χ1) is 10.4. The number of nitrogens with zero attached hydrogens (tertiary/aromatic N) is 4. The summed E-state index contributed by atoms with van der Waals surface area (Å²) in [4.78, 5) is 6.48. The van der Waals surface area contributed by atoms with Crippen LogP contribution < -0.4 is 10.6 Å². The zero-order chi connectivity index (χ0) is 16.5. The second-order valence-electron chi connectivity index (χ2n) is 6.34. The van der Waals surface area contributed by atoms with E-state index in [2.05, 4.69) is 59.8 Å². The first-order valence-electron chi connectivity index (χ1n) is 8.03. The van der Waals surface area contributed by atoms with Gasteiger partial charge in [-0.2, -0.15) is 5.10 Å². The number of aryl methyl sites for hydroxylation is 1. The lowest BCUT2D eigenvalue weighted by Crippen LogP contribution is -2.42. The molecule has 1 unspecified atom stereocenters. The fourth-order valence-electron chi connectivity index (χ4n) is 2.34. The highest BCUT2D eigenvalue weighted by Crippen LogP contribution is 2.15. The fourth-order valence-corrected chi connectivity index (χ4v) is 2.34. The molecule has 0 amide bonds. The van der Waals surface area contributed by atoms with Gasteiger partial charge in [-0.15, -0.1) is 24.0 Å². The summed E-state index contributed by atoms with van der Waals surface area (Å²) in [5.74, 6) is 1.61. The third-order valence-corrected chi connectivity index (χ3v) is 3.67. The second-order valence-corrected chi connectivity index (χ2v) is 6.34. The van der Waals surface area contributed by atoms with Crippen molar-refractivity contribution >= 4 is 29.9 Å². The molecule has 0 saturated carbocycles. The Kier molecular flexibility index (Phi) is 11.2. The molecule has 0 aromatic carbocycles. The smallest absolute Gasteiger partial charge is 0.191 e. The Morgan fingerprint density at radius 2 is 2.04 bits per heavy atom. The molecule has 23 heavy (non-hydrogen) atoms. The lowest BCUT2D eigenvalue weighted by molar-refractivity contribution is 0.298. The number of guanidine groups is 1. The van der Waals surface area contributed by atoms with E-state index in [4.69, 9.17) is 0 Å². The third-order valence-electron chi connectivity index (χ3n) is 3.67. The highest BCUT2D eigenvalue weighted by atomic mass is 127. The first kappa shape index (κ1) is 22.2. The van der Waals surface area contributed by atoms with Crippen molar-refractivity contribution in [2.24, 2.45) is 18.0 Å². The van der Waals surface area contributed by atoms with Crippen molar-refractivity contribution in [3.05, 3.63) is 18.0 Å². The Morgan fingerprint density at radius 1 is 1.35 bits per heavy atom. The van der Waals surface area contributed by atoms with Gasteiger partial charge in [-0.05, 0) is 32.9 Å². The van der Waals surface area contributed by atoms with Crippen LogP contribution >= 0.6 is 24.0 Å². The van der Waals surface area contributed by atoms with Crippen molar-refractivity contribution in [2.75, 3.05) is 34.2 Å². The van der Waals surface area contributed by atoms with Crippen LogP contribution in [0.1, 0.15) is 38.3 Å². The topological polar surface area (TPSA) is 57.5 Å². The molecule has 0 aliphatic rings. The molecule has 1 aromatic rings. The molecule has 1 rings (SSSR count). The largest absolute Gasteiger partial charge is 0.356 e. The predicted molar refractivity (Wildman–Crippen MR) is 108 cm³/mol. The summed E-state index contributed by atoms with van der Waals surface area (Å²) in [6.07, 6.45) is 6.38. The zero-order valence-electron chi connectivity index (χ0n) is 15.3. The number of rotatable bonds is 8. The van der Waals surface area contributed by atoms with Gasteiger partial charge in [0, 0.05) is 38.9 Å². The van der Waals surface area contributed by atoms with Crippen molar-refractivity contribution in [2.45, 2.75) is 32.7 Å². The quantitative estimate of drug-likeness (QED) is 0.284. The molecule has 2 N–H and O–H groups in total. The van der Waals surface area contributed by atoms with E-state index in [0.717, 1.165) is 31.4 Å². The maximum atomic E-state index is 4.29. The molecule has 7 heteroatoms. The monoisotopic (exact) mass is 436 g/mol. The number of aliphatic imine (C=N–C) groups is 1. The summed E-state index contributed by atoms with van der Waals surface area (Å²) >= 11 is 0. The molecule has 1 atom stereocenters. The van der Waals surface area contributed by atoms with Crippen LogP contribution in [0, 0.1) is 5.92 Å². The van der Waals surface area contributed by atoms with Gasteiger partial charge < -0.3 is 15.5 Å². The summed E-state index contributed by atoms with van der Waals surface area (Å²) in [6, 6.07) is 0.267. The number of hydrogen-bond acceptors (Lipinski definition) is 3. The summed E-state index contributed by atoms with van der Waals surface area (Å²) in [5.41, 5.74) is 1.20. The summed E-state index contributed by atoms with van der Waals surface area (Å²) in [7, 11) is 7.92. The lowest BCUT2D eigenvalue weighted by atomic mass is 10.1. The van der Waals surface area contributed by atoms with Crippen LogP contribution in [0.2, 0.25) is 0 Å². The van der Waals surface area contributed by atoms with Crippen LogP contribution in [0.3, 0.4) is 0 Å². The fraction of sp³-hybridized carbons (Fsp3) is 0.750. The molecule has 0 aliphatic carbocycles. The van der Waals surface area contributed by atoms with Gasteiger partial charge in [0.25, 0.3) is 0 Å². The Hall–Kier alpha value is -0.830. The molecule has 0 aliphatic heterocycles. The molecule has 1 heterocycles. The van der Waals surface area contributed by atoms with Crippen LogP contribution in [0.25, 0.3) is 0 Å². The number of likely N-dealkylation sites (N-methyl/N-ethyl adjacent to an activating group) is 1. The summed E-state index contributed by atoms with van der Waals surface area (Å²) in [6.45, 7) is 6.26. The van der Waals surface area contributed by atoms with Crippen LogP contribution in [0.4, 0.5) is 0 Å². The minimum atomic E-state index is 0. The van der Waals surface area contributed by atoms with E-state index in [9.17, 15) is 0 Å². The van der Waals surface area contributed by atoms with Crippen molar-refractivity contribution in [3.8, 4) is 0 Å². The average molecular weight is 436 g/mol. The molecule has 0 radical (unpaired) electrons. The van der Waals surface area contributed by atoms with Gasteiger partial charge in [-0.3, -0.25) is 9.67 Å². The standard InChI is InChI=1S/C16H32N6.HI/c1-13(2)8-7-9-18-16(17-3)19-11-15(21(4)5)14-10-20-22(6)12-14;/h10,12-13,15H,7-9,11H2,1-6H3,(H2,17,18,19);1H. The molecule has 0 fully saturated rings. The highest BCUT2D eigenvalue weighted by molar-refractivity contribution is 14.0. The third kappa shape index (κ3) is 8.55. The minimum Gasteiger partial charge on any atom is -0.356 e. The summed E-state index contributed by atoms with van der Waals surface area (Å²) < 4.78 is 1.84. The molecule has 134 valence electrons. The molecular weight excluding hydrogens is 403 g/mol. The first-order valence-corrected chi connectivity index (χ1v) is 8.03. The lowest BCUT2D eigenvalue weighted by Gasteiger charge is -2.24. The van der Waals surface area contributed by atoms with Crippen LogP contribution in [0.15, 0.2) is 17.4 Å². The van der Waals surface area contributed by atoms with Gasteiger partial charge in [0.1, 0.15) is 0 Å². The maximum absolute atomic E-state index is 4.29. The summed E-state index contributed by atoms with van der Waals surface area (Å²) in [5, 5.41) is 11.0. The van der Waals surface area contributed by atoms with Gasteiger partial charge in [0.2, 0.25) is 0 Å². The number of nitrogens with one attached hydrogen (secondary N) is 2. The zero-order valence-corrected chi connectivity index (χ0v) is 17.7. The van der Waals surface area contributed by atoms with Crippen LogP contribution in [-0.4, -0.2) is 54.9 Å². The molecule has 6 nitrogen and oxygen atoms in total. The molecule has 0 spiro atoms. The predicted octanol–water partition coefficient (Wildman–Crippen LogP) is 2.24. The number of hydrogen-bond donors (Lipinski definition) is 2. The normalized spacial score (nSPS) is 13.1. The van der Waals surface area contributed by atoms with Crippen molar-refractivity contribution < 1.29 is 0 Å². The van der Waals surface area contributed by atoms with E-state index in [1.54, 1.807) is 0 Å².